The quantitative estimate of drug-likeness (QED) is 0.648. The second-order valence-electron chi connectivity index (χ2n) is 4.97. The predicted molar refractivity (Wildman–Crippen MR) is 88.8 cm³/mol. The van der Waals surface area contributed by atoms with Gasteiger partial charge >= 0.3 is 5.97 Å². The van der Waals surface area contributed by atoms with Gasteiger partial charge in [0.25, 0.3) is 5.91 Å². The Bertz CT molecular complexity index is 780. The third-order valence-corrected chi connectivity index (χ3v) is 3.95. The fraction of sp³-hybridized carbons (Fsp3) is 0.125. The Morgan fingerprint density at radius 3 is 2.29 bits per heavy atom. The molecule has 0 saturated carbocycles. The van der Waals surface area contributed by atoms with E-state index in [1.165, 1.54) is 0 Å². The molecule has 0 spiro atoms. The summed E-state index contributed by atoms with van der Waals surface area (Å²) in [5.74, 6) is -3.35. The van der Waals surface area contributed by atoms with E-state index in [0.717, 1.165) is 11.6 Å². The maximum absolute atomic E-state index is 12.3. The maximum atomic E-state index is 12.3. The molecule has 2 aromatic carbocycles. The van der Waals surface area contributed by atoms with E-state index in [0.29, 0.717) is 0 Å². The van der Waals surface area contributed by atoms with Gasteiger partial charge in [0.2, 0.25) is 0 Å². The Labute approximate surface area is 147 Å². The molecular weight excluding hydrogens is 357 g/mol. The summed E-state index contributed by atoms with van der Waals surface area (Å²) in [5.41, 5.74) is 0.387. The highest BCUT2D eigenvalue weighted by Crippen LogP contribution is 2.40. The van der Waals surface area contributed by atoms with Crippen molar-refractivity contribution in [3.63, 3.8) is 0 Å². The van der Waals surface area contributed by atoms with Crippen LogP contribution >= 0.6 is 23.2 Å². The van der Waals surface area contributed by atoms with Gasteiger partial charge < -0.3 is 20.6 Å². The van der Waals surface area contributed by atoms with Crippen molar-refractivity contribution < 1.29 is 24.9 Å². The van der Waals surface area contributed by atoms with Crippen LogP contribution in [0.25, 0.3) is 0 Å². The Morgan fingerprint density at radius 1 is 1.08 bits per heavy atom. The van der Waals surface area contributed by atoms with Gasteiger partial charge in [-0.2, -0.15) is 0 Å². The van der Waals surface area contributed by atoms with E-state index in [4.69, 9.17) is 23.2 Å². The number of aliphatic carboxylic acids is 1. The molecule has 126 valence electrons. The van der Waals surface area contributed by atoms with Crippen LogP contribution in [0, 0.1) is 0 Å². The number of nitrogens with one attached hydrogen (secondary N) is 1. The number of carbonyl (C=O) groups is 2. The summed E-state index contributed by atoms with van der Waals surface area (Å²) >= 11 is 11.4. The molecule has 0 unspecified atom stereocenters. The Balaban J connectivity index is 2.24. The minimum Gasteiger partial charge on any atom is -0.505 e. The molecule has 0 aliphatic heterocycles. The van der Waals surface area contributed by atoms with Crippen LogP contribution in [0.5, 0.6) is 11.5 Å². The molecule has 2 rings (SSSR count). The minimum atomic E-state index is -1.23. The number of phenols is 2. The van der Waals surface area contributed by atoms with E-state index >= 15 is 0 Å². The van der Waals surface area contributed by atoms with Crippen molar-refractivity contribution in [2.75, 3.05) is 0 Å². The van der Waals surface area contributed by atoms with Crippen LogP contribution in [0.1, 0.15) is 15.9 Å². The van der Waals surface area contributed by atoms with Crippen molar-refractivity contribution in [1.82, 2.24) is 5.32 Å². The average molecular weight is 370 g/mol. The van der Waals surface area contributed by atoms with Crippen LogP contribution in [0.15, 0.2) is 36.4 Å². The zero-order chi connectivity index (χ0) is 17.9. The molecule has 0 bridgehead atoms. The predicted octanol–water partition coefficient (Wildman–Crippen LogP) is 2.83. The number of hydrogen-bond donors (Lipinski definition) is 4. The largest absolute Gasteiger partial charge is 0.505 e. The van der Waals surface area contributed by atoms with Crippen LogP contribution in [-0.4, -0.2) is 33.2 Å². The van der Waals surface area contributed by atoms with Gasteiger partial charge in [-0.05, 0) is 11.6 Å². The standard InChI is InChI=1S/C16H13Cl2NO5/c17-10-7-9(13(20)12(18)14(10)21)15(22)19-11(16(23)24)6-8-4-2-1-3-5-8/h1-5,7,11,20-21H,6H2,(H,19,22)(H,23,24)/t11-/m0/s1. The normalized spacial score (nSPS) is 11.8. The molecule has 2 aromatic rings. The lowest BCUT2D eigenvalue weighted by atomic mass is 10.1. The van der Waals surface area contributed by atoms with E-state index in [1.54, 1.807) is 30.3 Å². The first-order chi connectivity index (χ1) is 11.3. The number of benzene rings is 2. The van der Waals surface area contributed by atoms with Gasteiger partial charge in [0.15, 0.2) is 11.5 Å². The molecule has 24 heavy (non-hydrogen) atoms. The molecule has 0 heterocycles. The number of rotatable bonds is 5. The SMILES string of the molecule is O=C(N[C@@H](Cc1ccccc1)C(=O)O)c1cc(Cl)c(O)c(Cl)c1O. The van der Waals surface area contributed by atoms with Crippen molar-refractivity contribution in [2.45, 2.75) is 12.5 Å². The maximum Gasteiger partial charge on any atom is 0.326 e. The lowest BCUT2D eigenvalue weighted by Gasteiger charge is -2.16. The number of carboxylic acid groups (broad SMARTS) is 1. The molecule has 0 aliphatic rings. The number of hydrogen-bond acceptors (Lipinski definition) is 4. The number of aromatic hydroxyl groups is 2. The fourth-order valence-electron chi connectivity index (χ4n) is 2.06. The van der Waals surface area contributed by atoms with Crippen molar-refractivity contribution >= 4 is 35.1 Å². The van der Waals surface area contributed by atoms with Crippen LogP contribution in [-0.2, 0) is 11.2 Å². The molecule has 8 heteroatoms. The van der Waals surface area contributed by atoms with Gasteiger partial charge in [-0.3, -0.25) is 4.79 Å². The summed E-state index contributed by atoms with van der Waals surface area (Å²) in [6.45, 7) is 0. The van der Waals surface area contributed by atoms with Crippen molar-refractivity contribution in [2.24, 2.45) is 0 Å². The Morgan fingerprint density at radius 2 is 1.71 bits per heavy atom. The van der Waals surface area contributed by atoms with Gasteiger partial charge in [0.1, 0.15) is 11.1 Å². The van der Waals surface area contributed by atoms with E-state index in [9.17, 15) is 24.9 Å². The van der Waals surface area contributed by atoms with Crippen LogP contribution in [0.4, 0.5) is 0 Å². The van der Waals surface area contributed by atoms with Gasteiger partial charge in [-0.25, -0.2) is 4.79 Å². The number of halogens is 2. The number of carboxylic acids is 1. The summed E-state index contributed by atoms with van der Waals surface area (Å²) < 4.78 is 0. The number of amides is 1. The topological polar surface area (TPSA) is 107 Å². The highest BCUT2D eigenvalue weighted by molar-refractivity contribution is 6.38. The molecule has 4 N–H and O–H groups in total. The molecule has 0 aromatic heterocycles. The van der Waals surface area contributed by atoms with Crippen LogP contribution in [0.3, 0.4) is 0 Å². The third kappa shape index (κ3) is 3.90. The lowest BCUT2D eigenvalue weighted by molar-refractivity contribution is -0.139. The van der Waals surface area contributed by atoms with Crippen molar-refractivity contribution in [3.8, 4) is 11.5 Å². The molecular formula is C16H13Cl2NO5. The Hall–Kier alpha value is -2.44. The fourth-order valence-corrected chi connectivity index (χ4v) is 2.51. The van der Waals surface area contributed by atoms with Crippen LogP contribution in [0.2, 0.25) is 10.0 Å². The molecule has 1 atom stereocenters. The van der Waals surface area contributed by atoms with Gasteiger partial charge in [0, 0.05) is 6.42 Å². The second kappa shape index (κ2) is 7.42. The van der Waals surface area contributed by atoms with E-state index < -0.39 is 34.4 Å². The number of carbonyl (C=O) groups excluding carboxylic acids is 1. The minimum absolute atomic E-state index is 0.0578. The molecule has 6 nitrogen and oxygen atoms in total. The van der Waals surface area contributed by atoms with E-state index in [2.05, 4.69) is 5.32 Å². The van der Waals surface area contributed by atoms with E-state index in [-0.39, 0.29) is 17.0 Å². The highest BCUT2D eigenvalue weighted by Gasteiger charge is 2.25. The summed E-state index contributed by atoms with van der Waals surface area (Å²) in [6, 6.07) is 8.54. The molecule has 0 saturated heterocycles. The first-order valence-electron chi connectivity index (χ1n) is 6.78. The lowest BCUT2D eigenvalue weighted by Crippen LogP contribution is -2.42. The van der Waals surface area contributed by atoms with Crippen molar-refractivity contribution in [1.29, 1.82) is 0 Å². The van der Waals surface area contributed by atoms with Gasteiger partial charge in [-0.15, -0.1) is 0 Å². The first kappa shape index (κ1) is 17.9. The summed E-state index contributed by atoms with van der Waals surface area (Å²) in [6.07, 6.45) is 0.0578. The summed E-state index contributed by atoms with van der Waals surface area (Å²) in [5, 5.41) is 30.2. The number of phenolic OH excluding ortho intramolecular Hbond substituents is 2. The third-order valence-electron chi connectivity index (χ3n) is 3.30. The zero-order valence-corrected chi connectivity index (χ0v) is 13.7. The van der Waals surface area contributed by atoms with Crippen LogP contribution < -0.4 is 5.32 Å². The molecule has 0 fully saturated rings. The first-order valence-corrected chi connectivity index (χ1v) is 7.54. The highest BCUT2D eigenvalue weighted by atomic mass is 35.5. The summed E-state index contributed by atoms with van der Waals surface area (Å²) in [7, 11) is 0. The second-order valence-corrected chi connectivity index (χ2v) is 5.76. The molecule has 0 radical (unpaired) electrons. The van der Waals surface area contributed by atoms with Gasteiger partial charge in [-0.1, -0.05) is 53.5 Å². The zero-order valence-electron chi connectivity index (χ0n) is 12.2. The Kier molecular flexibility index (Phi) is 5.54. The monoisotopic (exact) mass is 369 g/mol. The molecule has 1 amide bonds. The average Bonchev–Trinajstić information content (AvgIpc) is 2.56. The molecule has 0 aliphatic carbocycles. The smallest absolute Gasteiger partial charge is 0.326 e. The summed E-state index contributed by atoms with van der Waals surface area (Å²) in [4.78, 5) is 23.6. The van der Waals surface area contributed by atoms with E-state index in [1.807, 2.05) is 0 Å². The van der Waals surface area contributed by atoms with Crippen molar-refractivity contribution in [3.05, 3.63) is 57.6 Å². The van der Waals surface area contributed by atoms with Gasteiger partial charge in [0.05, 0.1) is 10.6 Å².